The number of nitrogens with one attached hydrogen (secondary N) is 1. The Balaban J connectivity index is 2.01. The van der Waals surface area contributed by atoms with Crippen molar-refractivity contribution in [2.75, 3.05) is 6.54 Å². The molecule has 2 rings (SSSR count). The second-order valence-electron chi connectivity index (χ2n) is 4.58. The molecule has 0 fully saturated rings. The summed E-state index contributed by atoms with van der Waals surface area (Å²) in [6.45, 7) is 6.85. The summed E-state index contributed by atoms with van der Waals surface area (Å²) >= 11 is 3.39. The van der Waals surface area contributed by atoms with Crippen LogP contribution in [-0.4, -0.2) is 21.3 Å². The monoisotopic (exact) mass is 322 g/mol. The van der Waals surface area contributed by atoms with Crippen LogP contribution in [0.3, 0.4) is 0 Å². The highest BCUT2D eigenvalue weighted by molar-refractivity contribution is 9.10. The molecule has 0 radical (unpaired) electrons. The maximum atomic E-state index is 4.53. The first-order valence-electron chi connectivity index (χ1n) is 6.53. The molecule has 1 N–H and O–H groups in total. The fourth-order valence-corrected chi connectivity index (χ4v) is 2.11. The fourth-order valence-electron chi connectivity index (χ4n) is 1.88. The molecule has 0 spiro atoms. The lowest BCUT2D eigenvalue weighted by atomic mass is 10.2. The Labute approximate surface area is 122 Å². The van der Waals surface area contributed by atoms with Gasteiger partial charge in [0, 0.05) is 29.0 Å². The van der Waals surface area contributed by atoms with Crippen molar-refractivity contribution < 1.29 is 0 Å². The lowest BCUT2D eigenvalue weighted by Crippen LogP contribution is -2.13. The van der Waals surface area contributed by atoms with Crippen LogP contribution in [0.2, 0.25) is 0 Å². The summed E-state index contributed by atoms with van der Waals surface area (Å²) in [5.74, 6) is 0. The number of rotatable bonds is 6. The molecule has 0 saturated carbocycles. The highest BCUT2D eigenvalue weighted by atomic mass is 79.9. The first-order chi connectivity index (χ1) is 9.19. The van der Waals surface area contributed by atoms with Crippen LogP contribution >= 0.6 is 15.9 Å². The molecular weight excluding hydrogens is 304 g/mol. The van der Waals surface area contributed by atoms with E-state index in [1.54, 1.807) is 0 Å². The molecule has 0 amide bonds. The highest BCUT2D eigenvalue weighted by Gasteiger charge is 2.05. The van der Waals surface area contributed by atoms with Crippen LogP contribution in [0.15, 0.2) is 29.0 Å². The average Bonchev–Trinajstić information content (AvgIpc) is 2.73. The van der Waals surface area contributed by atoms with E-state index in [-0.39, 0.29) is 0 Å². The van der Waals surface area contributed by atoms with Gasteiger partial charge in [0.05, 0.1) is 17.9 Å². The molecule has 0 atom stereocenters. The van der Waals surface area contributed by atoms with Crippen molar-refractivity contribution in [3.63, 3.8) is 0 Å². The molecule has 0 aliphatic heterocycles. The first kappa shape index (κ1) is 14.2. The van der Waals surface area contributed by atoms with E-state index < -0.39 is 0 Å². The smallest absolute Gasteiger partial charge is 0.0831 e. The summed E-state index contributed by atoms with van der Waals surface area (Å²) < 4.78 is 2.95. The van der Waals surface area contributed by atoms with Crippen molar-refractivity contribution in [2.45, 2.75) is 33.4 Å². The van der Waals surface area contributed by atoms with E-state index >= 15 is 0 Å². The van der Waals surface area contributed by atoms with E-state index in [4.69, 9.17) is 0 Å². The second-order valence-corrected chi connectivity index (χ2v) is 5.50. The van der Waals surface area contributed by atoms with E-state index in [9.17, 15) is 0 Å². The Hall–Kier alpha value is -1.20. The topological polar surface area (TPSA) is 42.7 Å². The number of hydrogen-bond donors (Lipinski definition) is 1. The molecule has 0 aliphatic rings. The second kappa shape index (κ2) is 6.82. The van der Waals surface area contributed by atoms with E-state index in [0.29, 0.717) is 6.54 Å². The third-order valence-electron chi connectivity index (χ3n) is 2.90. The minimum atomic E-state index is 0.710. The zero-order valence-corrected chi connectivity index (χ0v) is 12.9. The normalized spacial score (nSPS) is 10.9. The van der Waals surface area contributed by atoms with Gasteiger partial charge in [-0.25, -0.2) is 0 Å². The van der Waals surface area contributed by atoms with Crippen molar-refractivity contribution in [2.24, 2.45) is 0 Å². The predicted molar refractivity (Wildman–Crippen MR) is 80.0 cm³/mol. The first-order valence-corrected chi connectivity index (χ1v) is 7.32. The Morgan fingerprint density at radius 2 is 2.21 bits per heavy atom. The molecule has 0 aliphatic carbocycles. The summed E-state index contributed by atoms with van der Waals surface area (Å²) in [5.41, 5.74) is 3.35. The lowest BCUT2D eigenvalue weighted by molar-refractivity contribution is 0.661. The van der Waals surface area contributed by atoms with E-state index in [1.807, 2.05) is 23.0 Å². The van der Waals surface area contributed by atoms with Gasteiger partial charge < -0.3 is 5.32 Å². The van der Waals surface area contributed by atoms with E-state index in [1.165, 1.54) is 5.56 Å². The summed E-state index contributed by atoms with van der Waals surface area (Å²) in [4.78, 5) is 4.36. The van der Waals surface area contributed by atoms with Crippen LogP contribution in [0.4, 0.5) is 0 Å². The molecule has 0 bridgehead atoms. The van der Waals surface area contributed by atoms with Crippen molar-refractivity contribution in [1.29, 1.82) is 0 Å². The standard InChI is InChI=1S/C14H19BrN4/c1-3-6-16-7-12-9-19(18-11(12)2)10-14-5-4-13(15)8-17-14/h4-5,8-9,16H,3,6-7,10H2,1-2H3. The van der Waals surface area contributed by atoms with Gasteiger partial charge in [0.25, 0.3) is 0 Å². The number of nitrogens with zero attached hydrogens (tertiary/aromatic N) is 3. The molecule has 4 nitrogen and oxygen atoms in total. The van der Waals surface area contributed by atoms with Gasteiger partial charge in [-0.05, 0) is 48.0 Å². The van der Waals surface area contributed by atoms with Gasteiger partial charge in [0.1, 0.15) is 0 Å². The van der Waals surface area contributed by atoms with Crippen LogP contribution in [0.25, 0.3) is 0 Å². The van der Waals surface area contributed by atoms with Crippen LogP contribution in [-0.2, 0) is 13.1 Å². The number of aryl methyl sites for hydroxylation is 1. The Bertz CT molecular complexity index is 519. The number of aromatic nitrogens is 3. The van der Waals surface area contributed by atoms with Gasteiger partial charge in [0.15, 0.2) is 0 Å². The molecule has 0 aromatic carbocycles. The molecule has 0 saturated heterocycles. The molecule has 2 heterocycles. The average molecular weight is 323 g/mol. The maximum absolute atomic E-state index is 4.53. The number of pyridine rings is 1. The third kappa shape index (κ3) is 4.14. The predicted octanol–water partition coefficient (Wildman–Crippen LogP) is 2.90. The van der Waals surface area contributed by atoms with Crippen molar-refractivity contribution >= 4 is 15.9 Å². The molecule has 2 aromatic rings. The Morgan fingerprint density at radius 3 is 2.89 bits per heavy atom. The maximum Gasteiger partial charge on any atom is 0.0831 e. The lowest BCUT2D eigenvalue weighted by Gasteiger charge is -2.01. The fraction of sp³-hybridized carbons (Fsp3) is 0.429. The van der Waals surface area contributed by atoms with Crippen LogP contribution < -0.4 is 5.32 Å². The SMILES string of the molecule is CCCNCc1cn(Cc2ccc(Br)cn2)nc1C. The minimum absolute atomic E-state index is 0.710. The minimum Gasteiger partial charge on any atom is -0.313 e. The third-order valence-corrected chi connectivity index (χ3v) is 3.37. The molecule has 19 heavy (non-hydrogen) atoms. The van der Waals surface area contributed by atoms with Crippen LogP contribution in [0, 0.1) is 6.92 Å². The summed E-state index contributed by atoms with van der Waals surface area (Å²) in [5, 5.41) is 7.93. The van der Waals surface area contributed by atoms with Gasteiger partial charge in [-0.1, -0.05) is 6.92 Å². The van der Waals surface area contributed by atoms with Crippen LogP contribution in [0.5, 0.6) is 0 Å². The van der Waals surface area contributed by atoms with Crippen LogP contribution in [0.1, 0.15) is 30.3 Å². The largest absolute Gasteiger partial charge is 0.313 e. The van der Waals surface area contributed by atoms with Gasteiger partial charge in [-0.3, -0.25) is 9.67 Å². The van der Waals surface area contributed by atoms with Crippen molar-refractivity contribution in [3.8, 4) is 0 Å². The number of hydrogen-bond acceptors (Lipinski definition) is 3. The molecule has 102 valence electrons. The van der Waals surface area contributed by atoms with Gasteiger partial charge in [-0.15, -0.1) is 0 Å². The van der Waals surface area contributed by atoms with Crippen molar-refractivity contribution in [1.82, 2.24) is 20.1 Å². The van der Waals surface area contributed by atoms with E-state index in [2.05, 4.69) is 51.4 Å². The van der Waals surface area contributed by atoms with E-state index in [0.717, 1.165) is 35.4 Å². The summed E-state index contributed by atoms with van der Waals surface area (Å²) in [7, 11) is 0. The van der Waals surface area contributed by atoms with Gasteiger partial charge in [0.2, 0.25) is 0 Å². The quantitative estimate of drug-likeness (QED) is 0.831. The van der Waals surface area contributed by atoms with Gasteiger partial charge >= 0.3 is 0 Å². The summed E-state index contributed by atoms with van der Waals surface area (Å²) in [6.07, 6.45) is 5.06. The molecular formula is C14H19BrN4. The molecule has 2 aromatic heterocycles. The number of halogens is 1. The zero-order valence-electron chi connectivity index (χ0n) is 11.4. The molecule has 0 unspecified atom stereocenters. The Kier molecular flexibility index (Phi) is 5.10. The van der Waals surface area contributed by atoms with Gasteiger partial charge in [-0.2, -0.15) is 5.10 Å². The Morgan fingerprint density at radius 1 is 1.37 bits per heavy atom. The molecule has 5 heteroatoms. The summed E-state index contributed by atoms with van der Waals surface area (Å²) in [6, 6.07) is 4.01. The zero-order chi connectivity index (χ0) is 13.7. The van der Waals surface area contributed by atoms with Crippen molar-refractivity contribution in [3.05, 3.63) is 46.0 Å². The highest BCUT2D eigenvalue weighted by Crippen LogP contribution is 2.10.